The van der Waals surface area contributed by atoms with Gasteiger partial charge in [0.05, 0.1) is 12.4 Å². The van der Waals surface area contributed by atoms with Crippen LogP contribution in [0.3, 0.4) is 0 Å². The minimum Gasteiger partial charge on any atom is -0.455 e. The van der Waals surface area contributed by atoms with Crippen molar-refractivity contribution in [2.45, 2.75) is 90.6 Å². The van der Waals surface area contributed by atoms with Gasteiger partial charge in [-0.2, -0.15) is 0 Å². The van der Waals surface area contributed by atoms with E-state index in [1.165, 1.54) is 44.5 Å². The summed E-state index contributed by atoms with van der Waals surface area (Å²) in [5.41, 5.74) is -0.218. The Kier molecular flexibility index (Phi) is 9.92. The molecule has 0 saturated carbocycles. The lowest BCUT2D eigenvalue weighted by atomic mass is 9.91. The minimum absolute atomic E-state index is 0.213. The van der Waals surface area contributed by atoms with Crippen LogP contribution in [0.25, 0.3) is 0 Å². The highest BCUT2D eigenvalue weighted by molar-refractivity contribution is 6.29. The van der Waals surface area contributed by atoms with Crippen LogP contribution < -0.4 is 0 Å². The Morgan fingerprint density at radius 3 is 2.25 bits per heavy atom. The van der Waals surface area contributed by atoms with Crippen LogP contribution in [0.4, 0.5) is 0 Å². The number of carbonyl (C=O) groups is 1. The Bertz CT molecular complexity index is 479. The maximum atomic E-state index is 12.3. The summed E-state index contributed by atoms with van der Waals surface area (Å²) in [6.45, 7) is 6.41. The maximum Gasteiger partial charge on any atom is 0.359 e. The smallest absolute Gasteiger partial charge is 0.359 e. The second-order valence-corrected chi connectivity index (χ2v) is 7.07. The van der Waals surface area contributed by atoms with Crippen LogP contribution in [0.1, 0.15) is 95.5 Å². The molecule has 1 aromatic rings. The predicted molar refractivity (Wildman–Crippen MR) is 98.4 cm³/mol. The molecule has 0 bridgehead atoms. The SMILES string of the molecule is CCCCCCCC[C@@](C)(CCCC)OC(=O)c1cnc(Cl)cn1. The number of halogens is 1. The van der Waals surface area contributed by atoms with E-state index in [4.69, 9.17) is 16.3 Å². The van der Waals surface area contributed by atoms with Crippen molar-refractivity contribution in [3.8, 4) is 0 Å². The van der Waals surface area contributed by atoms with Crippen LogP contribution >= 0.6 is 11.6 Å². The number of rotatable bonds is 12. The molecule has 0 saturated heterocycles. The van der Waals surface area contributed by atoms with Gasteiger partial charge in [-0.25, -0.2) is 14.8 Å². The Balaban J connectivity index is 2.55. The fourth-order valence-electron chi connectivity index (χ4n) is 2.75. The molecule has 1 aromatic heterocycles. The summed E-state index contributed by atoms with van der Waals surface area (Å²) in [5, 5.41) is 0.271. The Labute approximate surface area is 151 Å². The number of esters is 1. The van der Waals surface area contributed by atoms with Crippen LogP contribution in [-0.2, 0) is 4.74 Å². The van der Waals surface area contributed by atoms with Gasteiger partial charge in [-0.3, -0.25) is 0 Å². The molecule has 0 aromatic carbocycles. The second-order valence-electron chi connectivity index (χ2n) is 6.69. The fourth-order valence-corrected chi connectivity index (χ4v) is 2.85. The van der Waals surface area contributed by atoms with Crippen LogP contribution in [0.15, 0.2) is 12.4 Å². The zero-order chi connectivity index (χ0) is 17.8. The molecular formula is C19H31ClN2O2. The molecule has 0 aliphatic heterocycles. The average Bonchev–Trinajstić information content (AvgIpc) is 2.57. The van der Waals surface area contributed by atoms with Gasteiger partial charge in [-0.15, -0.1) is 0 Å². The van der Waals surface area contributed by atoms with Crippen LogP contribution in [0.5, 0.6) is 0 Å². The molecule has 0 radical (unpaired) electrons. The number of ether oxygens (including phenoxy) is 1. The first-order valence-electron chi connectivity index (χ1n) is 9.21. The van der Waals surface area contributed by atoms with Crippen molar-refractivity contribution in [1.29, 1.82) is 0 Å². The summed E-state index contributed by atoms with van der Waals surface area (Å²) in [4.78, 5) is 20.2. The summed E-state index contributed by atoms with van der Waals surface area (Å²) in [6, 6.07) is 0. The predicted octanol–water partition coefficient (Wildman–Crippen LogP) is 5.99. The highest BCUT2D eigenvalue weighted by atomic mass is 35.5. The molecule has 136 valence electrons. The van der Waals surface area contributed by atoms with Crippen LogP contribution in [0, 0.1) is 0 Å². The lowest BCUT2D eigenvalue weighted by Crippen LogP contribution is -2.32. The molecule has 0 spiro atoms. The Morgan fingerprint density at radius 1 is 1.00 bits per heavy atom. The molecule has 5 heteroatoms. The molecule has 0 amide bonds. The standard InChI is InChI=1S/C19H31ClN2O2/c1-4-6-8-9-10-11-13-19(3,12-7-5-2)24-18(23)16-14-22-17(20)15-21-16/h14-15H,4-13H2,1-3H3/t19-/m1/s1. The normalized spacial score (nSPS) is 13.5. The fraction of sp³-hybridized carbons (Fsp3) is 0.737. The van der Waals surface area contributed by atoms with Gasteiger partial charge in [-0.1, -0.05) is 64.0 Å². The topological polar surface area (TPSA) is 52.1 Å². The first-order valence-corrected chi connectivity index (χ1v) is 9.59. The first kappa shape index (κ1) is 20.9. The molecule has 0 unspecified atom stereocenters. The molecule has 1 rings (SSSR count). The molecule has 0 fully saturated rings. The molecule has 0 N–H and O–H groups in total. The Morgan fingerprint density at radius 2 is 1.62 bits per heavy atom. The average molecular weight is 355 g/mol. The third kappa shape index (κ3) is 8.09. The monoisotopic (exact) mass is 354 g/mol. The molecule has 4 nitrogen and oxygen atoms in total. The summed E-state index contributed by atoms with van der Waals surface area (Å²) in [5.74, 6) is -0.413. The largest absolute Gasteiger partial charge is 0.455 e. The van der Waals surface area contributed by atoms with E-state index >= 15 is 0 Å². The summed E-state index contributed by atoms with van der Waals surface area (Å²) < 4.78 is 5.81. The number of hydrogen-bond acceptors (Lipinski definition) is 4. The number of carbonyl (C=O) groups excluding carboxylic acids is 1. The number of hydrogen-bond donors (Lipinski definition) is 0. The van der Waals surface area contributed by atoms with Crippen LogP contribution in [-0.4, -0.2) is 21.5 Å². The van der Waals surface area contributed by atoms with E-state index in [-0.39, 0.29) is 10.8 Å². The quantitative estimate of drug-likeness (QED) is 0.342. The third-order valence-corrected chi connectivity index (χ3v) is 4.48. The van der Waals surface area contributed by atoms with E-state index in [2.05, 4.69) is 23.8 Å². The van der Waals surface area contributed by atoms with E-state index in [1.807, 2.05) is 6.92 Å². The lowest BCUT2D eigenvalue weighted by molar-refractivity contribution is -0.0203. The summed E-state index contributed by atoms with van der Waals surface area (Å²) >= 11 is 5.71. The third-order valence-electron chi connectivity index (χ3n) is 4.29. The highest BCUT2D eigenvalue weighted by Gasteiger charge is 2.29. The van der Waals surface area contributed by atoms with Crippen molar-refractivity contribution >= 4 is 17.6 Å². The first-order chi connectivity index (χ1) is 11.5. The van der Waals surface area contributed by atoms with Gasteiger partial charge in [0, 0.05) is 0 Å². The number of aromatic nitrogens is 2. The van der Waals surface area contributed by atoms with Crippen molar-refractivity contribution in [2.75, 3.05) is 0 Å². The zero-order valence-electron chi connectivity index (χ0n) is 15.3. The van der Waals surface area contributed by atoms with Gasteiger partial charge in [-0.05, 0) is 32.6 Å². The van der Waals surface area contributed by atoms with Crippen molar-refractivity contribution in [2.24, 2.45) is 0 Å². The van der Waals surface area contributed by atoms with E-state index in [9.17, 15) is 4.79 Å². The summed E-state index contributed by atoms with van der Waals surface area (Å²) in [7, 11) is 0. The highest BCUT2D eigenvalue weighted by Crippen LogP contribution is 2.27. The molecular weight excluding hydrogens is 324 g/mol. The molecule has 1 heterocycles. The van der Waals surface area contributed by atoms with E-state index in [1.54, 1.807) is 0 Å². The lowest BCUT2D eigenvalue weighted by Gasteiger charge is -2.29. The van der Waals surface area contributed by atoms with Crippen molar-refractivity contribution in [1.82, 2.24) is 9.97 Å². The van der Waals surface area contributed by atoms with Gasteiger partial charge < -0.3 is 4.74 Å². The van der Waals surface area contributed by atoms with Crippen LogP contribution in [0.2, 0.25) is 5.15 Å². The maximum absolute atomic E-state index is 12.3. The van der Waals surface area contributed by atoms with Gasteiger partial charge in [0.25, 0.3) is 0 Å². The molecule has 1 atom stereocenters. The number of unbranched alkanes of at least 4 members (excludes halogenated alkanes) is 6. The number of nitrogens with zero attached hydrogens (tertiary/aromatic N) is 2. The second kappa shape index (κ2) is 11.4. The molecule has 0 aliphatic carbocycles. The van der Waals surface area contributed by atoms with Gasteiger partial charge in [0.2, 0.25) is 0 Å². The van der Waals surface area contributed by atoms with E-state index in [0.29, 0.717) is 0 Å². The van der Waals surface area contributed by atoms with Crippen molar-refractivity contribution in [3.63, 3.8) is 0 Å². The van der Waals surface area contributed by atoms with Gasteiger partial charge >= 0.3 is 5.97 Å². The van der Waals surface area contributed by atoms with E-state index < -0.39 is 11.6 Å². The van der Waals surface area contributed by atoms with Gasteiger partial charge in [0.1, 0.15) is 10.8 Å². The van der Waals surface area contributed by atoms with Crippen molar-refractivity contribution in [3.05, 3.63) is 23.2 Å². The van der Waals surface area contributed by atoms with E-state index in [0.717, 1.165) is 32.1 Å². The van der Waals surface area contributed by atoms with Crippen molar-refractivity contribution < 1.29 is 9.53 Å². The molecule has 24 heavy (non-hydrogen) atoms. The Hall–Kier alpha value is -1.16. The van der Waals surface area contributed by atoms with Gasteiger partial charge in [0.15, 0.2) is 5.69 Å². The summed E-state index contributed by atoms with van der Waals surface area (Å²) in [6.07, 6.45) is 14.0. The zero-order valence-corrected chi connectivity index (χ0v) is 16.1. The minimum atomic E-state index is -0.431. The molecule has 0 aliphatic rings.